The molecule has 0 aliphatic rings. The van der Waals surface area contributed by atoms with Gasteiger partial charge in [0.1, 0.15) is 0 Å². The molecule has 0 bridgehead atoms. The summed E-state index contributed by atoms with van der Waals surface area (Å²) in [6.07, 6.45) is 0. The molecule has 0 saturated carbocycles. The fourth-order valence-electron chi connectivity index (χ4n) is 1.70. The van der Waals surface area contributed by atoms with Crippen molar-refractivity contribution in [1.82, 2.24) is 10.2 Å². The van der Waals surface area contributed by atoms with Crippen LogP contribution in [0.25, 0.3) is 0 Å². The van der Waals surface area contributed by atoms with Gasteiger partial charge in [0.05, 0.1) is 6.04 Å². The van der Waals surface area contributed by atoms with E-state index in [1.54, 1.807) is 0 Å². The molecule has 0 fully saturated rings. The first-order valence-corrected chi connectivity index (χ1v) is 7.21. The third-order valence-corrected chi connectivity index (χ3v) is 3.51. The maximum Gasteiger partial charge on any atom is 0.241 e. The van der Waals surface area contributed by atoms with Gasteiger partial charge < -0.3 is 15.5 Å². The van der Waals surface area contributed by atoms with Crippen molar-refractivity contribution in [2.75, 3.05) is 25.5 Å². The number of aryl methyl sites for hydroxylation is 1. The quantitative estimate of drug-likeness (QED) is 0.803. The number of nitrogens with zero attached hydrogens (tertiary/aromatic N) is 1. The van der Waals surface area contributed by atoms with Crippen LogP contribution in [-0.4, -0.2) is 43.0 Å². The van der Waals surface area contributed by atoms with E-state index in [1.165, 1.54) is 5.56 Å². The monoisotopic (exact) mass is 277 g/mol. The first-order valence-electron chi connectivity index (χ1n) is 7.21. The molecule has 20 heavy (non-hydrogen) atoms. The van der Waals surface area contributed by atoms with E-state index in [9.17, 15) is 4.79 Å². The average molecular weight is 277 g/mol. The highest BCUT2D eigenvalue weighted by molar-refractivity contribution is 5.94. The minimum atomic E-state index is -0.197. The van der Waals surface area contributed by atoms with Gasteiger partial charge in [-0.05, 0) is 46.9 Å². The Labute approximate surface area is 122 Å². The largest absolute Gasteiger partial charge is 0.325 e. The minimum absolute atomic E-state index is 0.000975. The van der Waals surface area contributed by atoms with Crippen molar-refractivity contribution < 1.29 is 4.79 Å². The molecule has 1 rings (SSSR count). The van der Waals surface area contributed by atoms with Crippen LogP contribution in [0, 0.1) is 6.92 Å². The summed E-state index contributed by atoms with van der Waals surface area (Å²) in [7, 11) is 2.09. The van der Waals surface area contributed by atoms with Gasteiger partial charge in [-0.15, -0.1) is 0 Å². The lowest BCUT2D eigenvalue weighted by atomic mass is 10.2. The molecule has 0 aliphatic heterocycles. The van der Waals surface area contributed by atoms with Gasteiger partial charge in [0.25, 0.3) is 0 Å². The fraction of sp³-hybridized carbons (Fsp3) is 0.562. The first-order chi connectivity index (χ1) is 9.40. The van der Waals surface area contributed by atoms with Crippen molar-refractivity contribution >= 4 is 11.6 Å². The highest BCUT2D eigenvalue weighted by Gasteiger charge is 2.12. The predicted molar refractivity (Wildman–Crippen MR) is 85.0 cm³/mol. The number of amides is 1. The van der Waals surface area contributed by atoms with Crippen LogP contribution in [0.3, 0.4) is 0 Å². The molecule has 1 aromatic rings. The zero-order valence-corrected chi connectivity index (χ0v) is 13.2. The van der Waals surface area contributed by atoms with Crippen molar-refractivity contribution in [1.29, 1.82) is 0 Å². The lowest BCUT2D eigenvalue weighted by Crippen LogP contribution is -2.42. The van der Waals surface area contributed by atoms with Gasteiger partial charge in [0.15, 0.2) is 0 Å². The highest BCUT2D eigenvalue weighted by Crippen LogP contribution is 2.08. The maximum absolute atomic E-state index is 12.0. The normalized spacial score (nSPS) is 12.8. The molecule has 1 unspecified atom stereocenters. The van der Waals surface area contributed by atoms with Crippen LogP contribution in [0.2, 0.25) is 0 Å². The number of hydrogen-bond donors (Lipinski definition) is 2. The number of carbonyl (C=O) groups is 1. The molecule has 1 atom stereocenters. The van der Waals surface area contributed by atoms with Gasteiger partial charge in [-0.25, -0.2) is 0 Å². The first kappa shape index (κ1) is 16.7. The Hall–Kier alpha value is -1.39. The zero-order chi connectivity index (χ0) is 15.1. The molecule has 0 radical (unpaired) electrons. The Morgan fingerprint density at radius 2 is 1.80 bits per heavy atom. The summed E-state index contributed by atoms with van der Waals surface area (Å²) in [5.41, 5.74) is 2.03. The summed E-state index contributed by atoms with van der Waals surface area (Å²) < 4.78 is 0. The van der Waals surface area contributed by atoms with Crippen LogP contribution in [0.5, 0.6) is 0 Å². The topological polar surface area (TPSA) is 44.4 Å². The van der Waals surface area contributed by atoms with Crippen LogP contribution in [0.4, 0.5) is 5.69 Å². The number of rotatable bonds is 7. The number of carbonyl (C=O) groups excluding carboxylic acids is 1. The fourth-order valence-corrected chi connectivity index (χ4v) is 1.70. The van der Waals surface area contributed by atoms with E-state index < -0.39 is 0 Å². The highest BCUT2D eigenvalue weighted by atomic mass is 16.2. The summed E-state index contributed by atoms with van der Waals surface area (Å²) in [5.74, 6) is 0.000975. The second-order valence-electron chi connectivity index (χ2n) is 5.61. The van der Waals surface area contributed by atoms with Crippen molar-refractivity contribution in [2.45, 2.75) is 39.8 Å². The van der Waals surface area contributed by atoms with Crippen LogP contribution < -0.4 is 10.6 Å². The minimum Gasteiger partial charge on any atom is -0.325 e. The number of nitrogens with one attached hydrogen (secondary N) is 2. The lowest BCUT2D eigenvalue weighted by Gasteiger charge is -2.22. The molecule has 0 spiro atoms. The van der Waals surface area contributed by atoms with Crippen LogP contribution in [-0.2, 0) is 4.79 Å². The molecule has 0 saturated heterocycles. The third kappa shape index (κ3) is 5.72. The van der Waals surface area contributed by atoms with E-state index in [4.69, 9.17) is 0 Å². The molecule has 1 aromatic carbocycles. The Bertz CT molecular complexity index is 414. The van der Waals surface area contributed by atoms with Gasteiger partial charge in [-0.3, -0.25) is 4.79 Å². The molecular weight excluding hydrogens is 250 g/mol. The molecule has 112 valence electrons. The Kier molecular flexibility index (Phi) is 6.68. The molecule has 4 heteroatoms. The van der Waals surface area contributed by atoms with Gasteiger partial charge >= 0.3 is 0 Å². The van der Waals surface area contributed by atoms with Gasteiger partial charge in [-0.2, -0.15) is 0 Å². The average Bonchev–Trinajstić information content (AvgIpc) is 2.40. The molecular formula is C16H27N3O. The Morgan fingerprint density at radius 1 is 1.20 bits per heavy atom. The molecule has 0 aliphatic carbocycles. The predicted octanol–water partition coefficient (Wildman–Crippen LogP) is 2.25. The number of likely N-dealkylation sites (N-methyl/N-ethyl adjacent to an activating group) is 1. The van der Waals surface area contributed by atoms with Gasteiger partial charge in [0.2, 0.25) is 5.91 Å². The molecule has 0 aromatic heterocycles. The van der Waals surface area contributed by atoms with Crippen molar-refractivity contribution in [2.24, 2.45) is 0 Å². The second kappa shape index (κ2) is 8.02. The Morgan fingerprint density at radius 3 is 2.35 bits per heavy atom. The smallest absolute Gasteiger partial charge is 0.241 e. The van der Waals surface area contributed by atoms with Gasteiger partial charge in [-0.1, -0.05) is 17.7 Å². The van der Waals surface area contributed by atoms with Gasteiger partial charge in [0, 0.05) is 24.8 Å². The summed E-state index contributed by atoms with van der Waals surface area (Å²) in [4.78, 5) is 14.3. The van der Waals surface area contributed by atoms with Crippen molar-refractivity contribution in [3.8, 4) is 0 Å². The van der Waals surface area contributed by atoms with E-state index in [0.29, 0.717) is 6.04 Å². The van der Waals surface area contributed by atoms with Crippen molar-refractivity contribution in [3.05, 3.63) is 29.8 Å². The van der Waals surface area contributed by atoms with E-state index in [0.717, 1.165) is 18.8 Å². The summed E-state index contributed by atoms with van der Waals surface area (Å²) in [6.45, 7) is 9.97. The van der Waals surface area contributed by atoms with E-state index in [2.05, 4.69) is 36.4 Å². The maximum atomic E-state index is 12.0. The summed E-state index contributed by atoms with van der Waals surface area (Å²) in [6, 6.07) is 8.15. The van der Waals surface area contributed by atoms with Crippen molar-refractivity contribution in [3.63, 3.8) is 0 Å². The zero-order valence-electron chi connectivity index (χ0n) is 13.2. The van der Waals surface area contributed by atoms with Crippen LogP contribution in [0.1, 0.15) is 26.3 Å². The van der Waals surface area contributed by atoms with E-state index in [1.807, 2.05) is 38.1 Å². The van der Waals surface area contributed by atoms with Crippen LogP contribution in [0.15, 0.2) is 24.3 Å². The SMILES string of the molecule is Cc1ccc(NC(=O)C(C)NCCN(C)C(C)C)cc1. The van der Waals surface area contributed by atoms with Crippen LogP contribution >= 0.6 is 0 Å². The molecule has 1 amide bonds. The standard InChI is InChI=1S/C16H27N3O/c1-12(2)19(5)11-10-17-14(4)16(20)18-15-8-6-13(3)7-9-15/h6-9,12,14,17H,10-11H2,1-5H3,(H,18,20). The number of anilines is 1. The van der Waals surface area contributed by atoms with E-state index >= 15 is 0 Å². The number of hydrogen-bond acceptors (Lipinski definition) is 3. The molecule has 0 heterocycles. The third-order valence-electron chi connectivity index (χ3n) is 3.51. The number of benzene rings is 1. The molecule has 2 N–H and O–H groups in total. The van der Waals surface area contributed by atoms with E-state index in [-0.39, 0.29) is 11.9 Å². The molecule has 4 nitrogen and oxygen atoms in total. The second-order valence-corrected chi connectivity index (χ2v) is 5.61. The summed E-state index contributed by atoms with van der Waals surface area (Å²) in [5, 5.41) is 6.16. The Balaban J connectivity index is 2.34. The summed E-state index contributed by atoms with van der Waals surface area (Å²) >= 11 is 0. The lowest BCUT2D eigenvalue weighted by molar-refractivity contribution is -0.117.